The molecule has 1 heterocycles. The second-order valence-electron chi connectivity index (χ2n) is 6.99. The fourth-order valence-corrected chi connectivity index (χ4v) is 4.55. The number of imide groups is 1. The first-order valence-electron chi connectivity index (χ1n) is 9.69. The summed E-state index contributed by atoms with van der Waals surface area (Å²) in [6.45, 7) is 0.427. The van der Waals surface area contributed by atoms with E-state index in [0.29, 0.717) is 35.2 Å². The molecule has 1 saturated heterocycles. The lowest BCUT2D eigenvalue weighted by Gasteiger charge is -2.15. The number of carbonyl (C=O) groups excluding carboxylic acids is 2. The van der Waals surface area contributed by atoms with E-state index in [4.69, 9.17) is 21.1 Å². The van der Waals surface area contributed by atoms with Crippen LogP contribution in [0.4, 0.5) is 10.5 Å². The lowest BCUT2D eigenvalue weighted by molar-refractivity contribution is -0.117. The molecular weight excluding hydrogens is 434 g/mol. The van der Waals surface area contributed by atoms with Crippen LogP contribution in [0, 0.1) is 0 Å². The normalized spacial score (nSPS) is 15.9. The van der Waals surface area contributed by atoms with Gasteiger partial charge in [-0.15, -0.1) is 0 Å². The largest absolute Gasteiger partial charge is 0.493 e. The SMILES string of the molecule is COc1cc(C[C@H]2SC(=O)N(c3cccc(Cl)c3)C2=O)ccc1OCc1ccccc1. The number of nitrogens with zero attached hydrogens (tertiary/aromatic N) is 1. The van der Waals surface area contributed by atoms with Crippen molar-refractivity contribution in [1.82, 2.24) is 0 Å². The third-order valence-electron chi connectivity index (χ3n) is 4.87. The lowest BCUT2D eigenvalue weighted by Crippen LogP contribution is -2.32. The van der Waals surface area contributed by atoms with Gasteiger partial charge < -0.3 is 9.47 Å². The average Bonchev–Trinajstić information content (AvgIpc) is 3.06. The highest BCUT2D eigenvalue weighted by molar-refractivity contribution is 8.15. The summed E-state index contributed by atoms with van der Waals surface area (Å²) in [6.07, 6.45) is 0.404. The third-order valence-corrected chi connectivity index (χ3v) is 6.15. The van der Waals surface area contributed by atoms with E-state index < -0.39 is 5.25 Å². The molecule has 31 heavy (non-hydrogen) atoms. The highest BCUT2D eigenvalue weighted by Gasteiger charge is 2.40. The van der Waals surface area contributed by atoms with Crippen molar-refractivity contribution in [2.75, 3.05) is 12.0 Å². The molecule has 2 amide bonds. The van der Waals surface area contributed by atoms with Crippen LogP contribution in [0.2, 0.25) is 5.02 Å². The predicted molar refractivity (Wildman–Crippen MR) is 123 cm³/mol. The Kier molecular flexibility index (Phi) is 6.49. The molecule has 0 N–H and O–H groups in total. The van der Waals surface area contributed by atoms with Crippen LogP contribution < -0.4 is 14.4 Å². The maximum absolute atomic E-state index is 12.9. The Balaban J connectivity index is 1.46. The highest BCUT2D eigenvalue weighted by atomic mass is 35.5. The quantitative estimate of drug-likeness (QED) is 0.456. The molecule has 0 unspecified atom stereocenters. The lowest BCUT2D eigenvalue weighted by atomic mass is 10.1. The number of hydrogen-bond donors (Lipinski definition) is 0. The van der Waals surface area contributed by atoms with Gasteiger partial charge in [-0.05, 0) is 47.9 Å². The smallest absolute Gasteiger partial charge is 0.293 e. The van der Waals surface area contributed by atoms with Crippen LogP contribution in [0.5, 0.6) is 11.5 Å². The third kappa shape index (κ3) is 4.86. The number of hydrogen-bond acceptors (Lipinski definition) is 5. The van der Waals surface area contributed by atoms with E-state index in [-0.39, 0.29) is 11.1 Å². The van der Waals surface area contributed by atoms with E-state index in [1.54, 1.807) is 31.4 Å². The molecule has 7 heteroatoms. The minimum atomic E-state index is -0.507. The van der Waals surface area contributed by atoms with Crippen LogP contribution in [0.3, 0.4) is 0 Å². The van der Waals surface area contributed by atoms with Crippen molar-refractivity contribution in [3.05, 3.63) is 88.9 Å². The summed E-state index contributed by atoms with van der Waals surface area (Å²) in [5.41, 5.74) is 2.43. The molecule has 4 rings (SSSR count). The van der Waals surface area contributed by atoms with Crippen LogP contribution in [0.25, 0.3) is 0 Å². The maximum atomic E-state index is 12.9. The van der Waals surface area contributed by atoms with Crippen LogP contribution in [-0.4, -0.2) is 23.5 Å². The van der Waals surface area contributed by atoms with Crippen molar-refractivity contribution in [3.63, 3.8) is 0 Å². The number of ether oxygens (including phenoxy) is 2. The average molecular weight is 454 g/mol. The molecule has 0 bridgehead atoms. The van der Waals surface area contributed by atoms with Gasteiger partial charge >= 0.3 is 0 Å². The van der Waals surface area contributed by atoms with Crippen molar-refractivity contribution in [2.45, 2.75) is 18.3 Å². The Morgan fingerprint density at radius 1 is 0.935 bits per heavy atom. The van der Waals surface area contributed by atoms with Gasteiger partial charge in [0.2, 0.25) is 5.91 Å². The van der Waals surface area contributed by atoms with E-state index in [1.165, 1.54) is 4.90 Å². The van der Waals surface area contributed by atoms with Crippen molar-refractivity contribution < 1.29 is 19.1 Å². The topological polar surface area (TPSA) is 55.8 Å². The summed E-state index contributed by atoms with van der Waals surface area (Å²) < 4.78 is 11.4. The zero-order valence-corrected chi connectivity index (χ0v) is 18.4. The van der Waals surface area contributed by atoms with Gasteiger partial charge in [0.25, 0.3) is 5.24 Å². The molecule has 3 aromatic carbocycles. The maximum Gasteiger partial charge on any atom is 0.293 e. The fraction of sp³-hybridized carbons (Fsp3) is 0.167. The molecule has 1 atom stereocenters. The Morgan fingerprint density at radius 2 is 1.74 bits per heavy atom. The first-order chi connectivity index (χ1) is 15.0. The zero-order chi connectivity index (χ0) is 21.8. The molecule has 0 aromatic heterocycles. The van der Waals surface area contributed by atoms with Gasteiger partial charge in [-0.25, -0.2) is 4.90 Å². The van der Waals surface area contributed by atoms with Gasteiger partial charge in [0.15, 0.2) is 11.5 Å². The standard InChI is InChI=1S/C24H20ClNO4S/c1-29-21-12-17(10-11-20(21)30-15-16-6-3-2-4-7-16)13-22-23(27)26(24(28)31-22)19-9-5-8-18(25)14-19/h2-12,14,22H,13,15H2,1H3/t22-/m1/s1. The van der Waals surface area contributed by atoms with Gasteiger partial charge in [0, 0.05) is 5.02 Å². The van der Waals surface area contributed by atoms with Crippen molar-refractivity contribution in [2.24, 2.45) is 0 Å². The first-order valence-corrected chi connectivity index (χ1v) is 10.9. The number of anilines is 1. The molecule has 1 fully saturated rings. The molecule has 0 saturated carbocycles. The molecule has 0 radical (unpaired) electrons. The van der Waals surface area contributed by atoms with E-state index >= 15 is 0 Å². The minimum absolute atomic E-state index is 0.249. The van der Waals surface area contributed by atoms with Crippen molar-refractivity contribution >= 4 is 40.2 Å². The van der Waals surface area contributed by atoms with E-state index in [0.717, 1.165) is 22.9 Å². The Morgan fingerprint density at radius 3 is 2.48 bits per heavy atom. The van der Waals surface area contributed by atoms with Crippen LogP contribution >= 0.6 is 23.4 Å². The predicted octanol–water partition coefficient (Wildman–Crippen LogP) is 5.74. The number of halogens is 1. The number of benzene rings is 3. The second kappa shape index (κ2) is 9.45. The monoisotopic (exact) mass is 453 g/mol. The molecule has 3 aromatic rings. The fourth-order valence-electron chi connectivity index (χ4n) is 3.34. The van der Waals surface area contributed by atoms with Crippen molar-refractivity contribution in [3.8, 4) is 11.5 Å². The summed E-state index contributed by atoms with van der Waals surface area (Å²) >= 11 is 7.04. The van der Waals surface area contributed by atoms with Gasteiger partial charge in [-0.2, -0.15) is 0 Å². The molecule has 1 aliphatic heterocycles. The number of amides is 2. The highest BCUT2D eigenvalue weighted by Crippen LogP contribution is 2.36. The van der Waals surface area contributed by atoms with Gasteiger partial charge in [0.1, 0.15) is 6.61 Å². The van der Waals surface area contributed by atoms with Gasteiger partial charge in [0.05, 0.1) is 18.0 Å². The minimum Gasteiger partial charge on any atom is -0.493 e. The van der Waals surface area contributed by atoms with Crippen LogP contribution in [-0.2, 0) is 17.8 Å². The second-order valence-corrected chi connectivity index (χ2v) is 8.58. The Labute approximate surface area is 189 Å². The molecule has 158 valence electrons. The summed E-state index contributed by atoms with van der Waals surface area (Å²) in [5.74, 6) is 0.958. The molecule has 1 aliphatic rings. The van der Waals surface area contributed by atoms with Crippen LogP contribution in [0.15, 0.2) is 72.8 Å². The van der Waals surface area contributed by atoms with E-state index in [2.05, 4.69) is 0 Å². The summed E-state index contributed by atoms with van der Waals surface area (Å²) in [6, 6.07) is 22.2. The number of methoxy groups -OCH3 is 1. The molecular formula is C24H20ClNO4S. The van der Waals surface area contributed by atoms with Gasteiger partial charge in [-0.3, -0.25) is 9.59 Å². The first kappa shape index (κ1) is 21.3. The Hall–Kier alpha value is -2.96. The Bertz CT molecular complexity index is 1110. The summed E-state index contributed by atoms with van der Waals surface area (Å²) in [7, 11) is 1.58. The number of thioether (sulfide) groups is 1. The molecule has 0 aliphatic carbocycles. The van der Waals surface area contributed by atoms with Gasteiger partial charge in [-0.1, -0.05) is 65.8 Å². The van der Waals surface area contributed by atoms with Crippen LogP contribution in [0.1, 0.15) is 11.1 Å². The number of rotatable bonds is 7. The summed E-state index contributed by atoms with van der Waals surface area (Å²) in [4.78, 5) is 26.6. The molecule has 0 spiro atoms. The molecule has 5 nitrogen and oxygen atoms in total. The number of carbonyl (C=O) groups is 2. The summed E-state index contributed by atoms with van der Waals surface area (Å²) in [5, 5.41) is -0.332. The van der Waals surface area contributed by atoms with E-state index in [1.807, 2.05) is 48.5 Å². The van der Waals surface area contributed by atoms with Crippen molar-refractivity contribution in [1.29, 1.82) is 0 Å². The zero-order valence-electron chi connectivity index (χ0n) is 16.8. The van der Waals surface area contributed by atoms with E-state index in [9.17, 15) is 9.59 Å².